The molecule has 1 nitrogen and oxygen atoms in total. The Morgan fingerprint density at radius 3 is 2.74 bits per heavy atom. The molecule has 1 heteroatoms. The summed E-state index contributed by atoms with van der Waals surface area (Å²) in [6, 6.07) is 6.95. The van der Waals surface area contributed by atoms with Crippen LogP contribution in [-0.2, 0) is 12.8 Å². The van der Waals surface area contributed by atoms with Gasteiger partial charge in [-0.2, -0.15) is 0 Å². The third-order valence-corrected chi connectivity index (χ3v) is 4.32. The number of rotatable bonds is 6. The fraction of sp³-hybridized carbons (Fsp3) is 0.556. The number of likely N-dealkylation sites (N-methyl/N-ethyl adjacent to an activating group) is 1. The summed E-state index contributed by atoms with van der Waals surface area (Å²) in [5.74, 6) is 0.917. The molecule has 1 N–H and O–H groups in total. The van der Waals surface area contributed by atoms with Gasteiger partial charge in [0.15, 0.2) is 0 Å². The van der Waals surface area contributed by atoms with Gasteiger partial charge in [0, 0.05) is 0 Å². The predicted molar refractivity (Wildman–Crippen MR) is 84.4 cm³/mol. The van der Waals surface area contributed by atoms with Crippen LogP contribution in [-0.4, -0.2) is 13.6 Å². The molecule has 0 aliphatic heterocycles. The Balaban J connectivity index is 2.05. The second-order valence-electron chi connectivity index (χ2n) is 5.80. The second kappa shape index (κ2) is 7.49. The van der Waals surface area contributed by atoms with Crippen molar-refractivity contribution in [2.75, 3.05) is 13.6 Å². The first-order valence-electron chi connectivity index (χ1n) is 7.72. The molecule has 1 aliphatic carbocycles. The molecule has 0 amide bonds. The van der Waals surface area contributed by atoms with Crippen LogP contribution in [0.15, 0.2) is 24.8 Å². The van der Waals surface area contributed by atoms with E-state index < -0.39 is 0 Å². The molecule has 0 spiro atoms. The van der Waals surface area contributed by atoms with Gasteiger partial charge >= 0.3 is 0 Å². The Morgan fingerprint density at radius 1 is 1.26 bits per heavy atom. The molecule has 0 saturated heterocycles. The topological polar surface area (TPSA) is 12.0 Å². The van der Waals surface area contributed by atoms with Gasteiger partial charge in [-0.05, 0) is 49.0 Å². The van der Waals surface area contributed by atoms with Crippen LogP contribution in [0.25, 0.3) is 6.08 Å². The van der Waals surface area contributed by atoms with E-state index in [1.54, 1.807) is 0 Å². The standard InChI is InChI=1S/C18H27N/c1-3-17-10-9-16(14-18(17)11-12-19-2)13-15-7-5-4-6-8-15/h3,9-10,14-15,19H,1,4-8,11-13H2,2H3. The van der Waals surface area contributed by atoms with E-state index in [2.05, 4.69) is 30.1 Å². The lowest BCUT2D eigenvalue weighted by Crippen LogP contribution is -2.12. The molecule has 1 fully saturated rings. The molecule has 0 aromatic heterocycles. The zero-order chi connectivity index (χ0) is 13.5. The molecule has 0 radical (unpaired) electrons. The van der Waals surface area contributed by atoms with Crippen LogP contribution >= 0.6 is 0 Å². The van der Waals surface area contributed by atoms with E-state index in [9.17, 15) is 0 Å². The fourth-order valence-electron chi connectivity index (χ4n) is 3.19. The van der Waals surface area contributed by atoms with Gasteiger partial charge in [-0.25, -0.2) is 0 Å². The normalized spacial score (nSPS) is 16.5. The third kappa shape index (κ3) is 4.21. The van der Waals surface area contributed by atoms with Crippen molar-refractivity contribution in [1.82, 2.24) is 5.32 Å². The van der Waals surface area contributed by atoms with Crippen LogP contribution in [0.3, 0.4) is 0 Å². The summed E-state index contributed by atoms with van der Waals surface area (Å²) >= 11 is 0. The fourth-order valence-corrected chi connectivity index (χ4v) is 3.19. The monoisotopic (exact) mass is 257 g/mol. The van der Waals surface area contributed by atoms with E-state index >= 15 is 0 Å². The Morgan fingerprint density at radius 2 is 2.05 bits per heavy atom. The maximum atomic E-state index is 3.92. The van der Waals surface area contributed by atoms with Crippen LogP contribution in [0.1, 0.15) is 48.8 Å². The van der Waals surface area contributed by atoms with E-state index in [1.807, 2.05) is 13.1 Å². The molecule has 104 valence electrons. The van der Waals surface area contributed by atoms with E-state index in [0.29, 0.717) is 0 Å². The SMILES string of the molecule is C=Cc1ccc(CC2CCCCC2)cc1CCNC. The predicted octanol–water partition coefficient (Wildman–Crippen LogP) is 4.21. The molecule has 0 bridgehead atoms. The molecule has 1 saturated carbocycles. The third-order valence-electron chi connectivity index (χ3n) is 4.32. The van der Waals surface area contributed by atoms with E-state index in [-0.39, 0.29) is 0 Å². The van der Waals surface area contributed by atoms with Gasteiger partial charge in [0.25, 0.3) is 0 Å². The van der Waals surface area contributed by atoms with Gasteiger partial charge in [0.2, 0.25) is 0 Å². The quantitative estimate of drug-likeness (QED) is 0.805. The minimum atomic E-state index is 0.917. The molecule has 2 rings (SSSR count). The van der Waals surface area contributed by atoms with Crippen molar-refractivity contribution in [2.24, 2.45) is 5.92 Å². The number of benzene rings is 1. The van der Waals surface area contributed by atoms with Gasteiger partial charge in [0.1, 0.15) is 0 Å². The Labute approximate surface area is 118 Å². The minimum Gasteiger partial charge on any atom is -0.319 e. The van der Waals surface area contributed by atoms with Gasteiger partial charge in [-0.3, -0.25) is 0 Å². The van der Waals surface area contributed by atoms with Crippen molar-refractivity contribution < 1.29 is 0 Å². The van der Waals surface area contributed by atoms with E-state index in [1.165, 1.54) is 55.2 Å². The van der Waals surface area contributed by atoms with Crippen LogP contribution in [0.5, 0.6) is 0 Å². The zero-order valence-electron chi connectivity index (χ0n) is 12.3. The van der Waals surface area contributed by atoms with Crippen LogP contribution < -0.4 is 5.32 Å². The molecule has 1 aromatic rings. The summed E-state index contributed by atoms with van der Waals surface area (Å²) in [5.41, 5.74) is 4.25. The Bertz CT molecular complexity index is 402. The molecular weight excluding hydrogens is 230 g/mol. The summed E-state index contributed by atoms with van der Waals surface area (Å²) in [4.78, 5) is 0. The lowest BCUT2D eigenvalue weighted by atomic mass is 9.84. The van der Waals surface area contributed by atoms with Crippen molar-refractivity contribution >= 4 is 6.08 Å². The number of hydrogen-bond acceptors (Lipinski definition) is 1. The Kier molecular flexibility index (Phi) is 5.65. The second-order valence-corrected chi connectivity index (χ2v) is 5.80. The highest BCUT2D eigenvalue weighted by molar-refractivity contribution is 5.53. The highest BCUT2D eigenvalue weighted by Crippen LogP contribution is 2.27. The Hall–Kier alpha value is -1.08. The largest absolute Gasteiger partial charge is 0.319 e. The summed E-state index contributed by atoms with van der Waals surface area (Å²) in [6.45, 7) is 4.96. The molecule has 19 heavy (non-hydrogen) atoms. The van der Waals surface area contributed by atoms with Crippen molar-refractivity contribution in [3.63, 3.8) is 0 Å². The van der Waals surface area contributed by atoms with Crippen molar-refractivity contribution in [2.45, 2.75) is 44.9 Å². The van der Waals surface area contributed by atoms with Gasteiger partial charge in [-0.1, -0.05) is 63.0 Å². The first-order valence-corrected chi connectivity index (χ1v) is 7.72. The molecular formula is C18H27N. The van der Waals surface area contributed by atoms with E-state index in [0.717, 1.165) is 18.9 Å². The number of hydrogen-bond donors (Lipinski definition) is 1. The lowest BCUT2D eigenvalue weighted by molar-refractivity contribution is 0.356. The van der Waals surface area contributed by atoms with Crippen LogP contribution in [0.2, 0.25) is 0 Å². The summed E-state index contributed by atoms with van der Waals surface area (Å²) < 4.78 is 0. The molecule has 0 unspecified atom stereocenters. The molecule has 1 aliphatic rings. The molecule has 1 aromatic carbocycles. The molecule has 0 atom stereocenters. The van der Waals surface area contributed by atoms with Crippen molar-refractivity contribution in [3.8, 4) is 0 Å². The molecule has 0 heterocycles. The number of nitrogens with one attached hydrogen (secondary N) is 1. The van der Waals surface area contributed by atoms with Crippen molar-refractivity contribution in [3.05, 3.63) is 41.5 Å². The smallest absolute Gasteiger partial charge is 0.00111 e. The highest BCUT2D eigenvalue weighted by atomic mass is 14.8. The van der Waals surface area contributed by atoms with Crippen LogP contribution in [0.4, 0.5) is 0 Å². The summed E-state index contributed by atoms with van der Waals surface area (Å²) in [7, 11) is 2.01. The minimum absolute atomic E-state index is 0.917. The first kappa shape index (κ1) is 14.3. The highest BCUT2D eigenvalue weighted by Gasteiger charge is 2.14. The zero-order valence-corrected chi connectivity index (χ0v) is 12.3. The summed E-state index contributed by atoms with van der Waals surface area (Å²) in [5, 5.41) is 3.23. The van der Waals surface area contributed by atoms with Gasteiger partial charge in [-0.15, -0.1) is 0 Å². The van der Waals surface area contributed by atoms with E-state index in [4.69, 9.17) is 0 Å². The maximum absolute atomic E-state index is 3.92. The average molecular weight is 257 g/mol. The van der Waals surface area contributed by atoms with Crippen molar-refractivity contribution in [1.29, 1.82) is 0 Å². The maximum Gasteiger partial charge on any atom is -0.00111 e. The van der Waals surface area contributed by atoms with Crippen LogP contribution in [0, 0.1) is 5.92 Å². The van der Waals surface area contributed by atoms with Gasteiger partial charge in [0.05, 0.1) is 0 Å². The summed E-state index contributed by atoms with van der Waals surface area (Å²) in [6.07, 6.45) is 11.5. The lowest BCUT2D eigenvalue weighted by Gasteiger charge is -2.22. The average Bonchev–Trinajstić information content (AvgIpc) is 2.46. The first-order chi connectivity index (χ1) is 9.33. The van der Waals surface area contributed by atoms with Gasteiger partial charge < -0.3 is 5.32 Å².